The van der Waals surface area contributed by atoms with Crippen molar-refractivity contribution in [1.29, 1.82) is 0 Å². The molecule has 0 amide bonds. The second-order valence-electron chi connectivity index (χ2n) is 2.40. The Morgan fingerprint density at radius 2 is 2.10 bits per heavy atom. The van der Waals surface area contributed by atoms with Gasteiger partial charge in [-0.3, -0.25) is 4.57 Å². The fourth-order valence-corrected chi connectivity index (χ4v) is 1.26. The van der Waals surface area contributed by atoms with Crippen LogP contribution in [0.5, 0.6) is 0 Å². The fourth-order valence-electron chi connectivity index (χ4n) is 0.480. The predicted molar refractivity (Wildman–Crippen MR) is 38.3 cm³/mol. The van der Waals surface area contributed by atoms with Gasteiger partial charge in [-0.1, -0.05) is 0 Å². The number of rotatable bonds is 4. The Bertz CT molecular complexity index is 130. The Hall–Kier alpha value is 0.110. The third-order valence-electron chi connectivity index (χ3n) is 1.09. The standard InChI is InChI=1S/C5H13O4P/c1-10(8,9)3-2-5(7)4-6/h5-7H,2-4H2,1H3,(H,8,9). The van der Waals surface area contributed by atoms with Crippen molar-refractivity contribution >= 4 is 7.37 Å². The first kappa shape index (κ1) is 10.1. The molecule has 0 heterocycles. The van der Waals surface area contributed by atoms with Crippen LogP contribution < -0.4 is 0 Å². The molecule has 62 valence electrons. The van der Waals surface area contributed by atoms with E-state index in [4.69, 9.17) is 15.1 Å². The molecule has 0 bridgehead atoms. The number of hydrogen-bond acceptors (Lipinski definition) is 3. The van der Waals surface area contributed by atoms with Crippen LogP contribution >= 0.6 is 7.37 Å². The van der Waals surface area contributed by atoms with Gasteiger partial charge in [0.1, 0.15) is 0 Å². The molecule has 0 aliphatic carbocycles. The van der Waals surface area contributed by atoms with Crippen molar-refractivity contribution in [3.63, 3.8) is 0 Å². The van der Waals surface area contributed by atoms with Crippen molar-refractivity contribution in [2.24, 2.45) is 0 Å². The zero-order chi connectivity index (χ0) is 8.20. The van der Waals surface area contributed by atoms with Gasteiger partial charge in [0, 0.05) is 12.8 Å². The maximum absolute atomic E-state index is 10.6. The molecule has 2 atom stereocenters. The van der Waals surface area contributed by atoms with E-state index in [1.807, 2.05) is 0 Å². The van der Waals surface area contributed by atoms with Gasteiger partial charge in [0.25, 0.3) is 0 Å². The molecule has 0 aliphatic heterocycles. The molecule has 2 unspecified atom stereocenters. The third-order valence-corrected chi connectivity index (χ3v) is 2.18. The Balaban J connectivity index is 3.46. The van der Waals surface area contributed by atoms with E-state index in [9.17, 15) is 4.57 Å². The van der Waals surface area contributed by atoms with Crippen molar-refractivity contribution < 1.29 is 19.7 Å². The summed E-state index contributed by atoms with van der Waals surface area (Å²) in [5, 5.41) is 17.0. The van der Waals surface area contributed by atoms with E-state index in [0.29, 0.717) is 0 Å². The zero-order valence-electron chi connectivity index (χ0n) is 5.90. The smallest absolute Gasteiger partial charge is 0.197 e. The van der Waals surface area contributed by atoms with Crippen LogP contribution in [0.4, 0.5) is 0 Å². The average molecular weight is 168 g/mol. The monoisotopic (exact) mass is 168 g/mol. The third kappa shape index (κ3) is 6.23. The number of aliphatic hydroxyl groups is 2. The quantitative estimate of drug-likeness (QED) is 0.500. The Kier molecular flexibility index (Phi) is 4.13. The number of hydrogen-bond donors (Lipinski definition) is 3. The molecule has 10 heavy (non-hydrogen) atoms. The topological polar surface area (TPSA) is 77.8 Å². The molecule has 0 saturated carbocycles. The van der Waals surface area contributed by atoms with Crippen molar-refractivity contribution in [3.8, 4) is 0 Å². The van der Waals surface area contributed by atoms with Crippen LogP contribution in [0.2, 0.25) is 0 Å². The van der Waals surface area contributed by atoms with E-state index in [1.54, 1.807) is 0 Å². The lowest BCUT2D eigenvalue weighted by atomic mass is 10.3. The SMILES string of the molecule is CP(=O)(O)CCC(O)CO. The lowest BCUT2D eigenvalue weighted by Gasteiger charge is -2.07. The molecule has 0 aliphatic rings. The van der Waals surface area contributed by atoms with E-state index in [-0.39, 0.29) is 19.2 Å². The highest BCUT2D eigenvalue weighted by atomic mass is 31.2. The van der Waals surface area contributed by atoms with E-state index in [0.717, 1.165) is 0 Å². The van der Waals surface area contributed by atoms with Gasteiger partial charge in [-0.25, -0.2) is 0 Å². The first-order valence-electron chi connectivity index (χ1n) is 3.04. The van der Waals surface area contributed by atoms with Gasteiger partial charge in [0.05, 0.1) is 12.7 Å². The van der Waals surface area contributed by atoms with E-state index < -0.39 is 13.5 Å². The predicted octanol–water partition coefficient (Wildman–Crippen LogP) is -0.370. The molecule has 5 heteroatoms. The van der Waals surface area contributed by atoms with Crippen LogP contribution in [0.1, 0.15) is 6.42 Å². The fraction of sp³-hybridized carbons (Fsp3) is 1.00. The average Bonchev–Trinajstić information content (AvgIpc) is 1.81. The summed E-state index contributed by atoms with van der Waals surface area (Å²) in [6.07, 6.45) is -0.615. The normalized spacial score (nSPS) is 20.0. The molecule has 0 fully saturated rings. The molecule has 0 aromatic carbocycles. The van der Waals surface area contributed by atoms with Crippen LogP contribution in [-0.2, 0) is 4.57 Å². The van der Waals surface area contributed by atoms with Gasteiger partial charge in [-0.2, -0.15) is 0 Å². The minimum atomic E-state index is -3.00. The highest BCUT2D eigenvalue weighted by Crippen LogP contribution is 2.35. The lowest BCUT2D eigenvalue weighted by molar-refractivity contribution is 0.0924. The highest BCUT2D eigenvalue weighted by Gasteiger charge is 2.12. The van der Waals surface area contributed by atoms with Gasteiger partial charge in [-0.05, 0) is 6.42 Å². The maximum atomic E-state index is 10.6. The van der Waals surface area contributed by atoms with E-state index >= 15 is 0 Å². The molecule has 0 radical (unpaired) electrons. The summed E-state index contributed by atoms with van der Waals surface area (Å²) in [5.41, 5.74) is 0. The van der Waals surface area contributed by atoms with Crippen LogP contribution in [0.3, 0.4) is 0 Å². The zero-order valence-corrected chi connectivity index (χ0v) is 6.79. The molecule has 0 aromatic rings. The molecule has 4 nitrogen and oxygen atoms in total. The molecule has 0 spiro atoms. The van der Waals surface area contributed by atoms with Crippen LogP contribution in [0.15, 0.2) is 0 Å². The van der Waals surface area contributed by atoms with Crippen molar-refractivity contribution in [3.05, 3.63) is 0 Å². The molecule has 0 rings (SSSR count). The van der Waals surface area contributed by atoms with Crippen LogP contribution in [0.25, 0.3) is 0 Å². The Morgan fingerprint density at radius 1 is 1.60 bits per heavy atom. The van der Waals surface area contributed by atoms with Crippen molar-refractivity contribution in [2.75, 3.05) is 19.4 Å². The Morgan fingerprint density at radius 3 is 2.40 bits per heavy atom. The summed E-state index contributed by atoms with van der Waals surface area (Å²) in [6, 6.07) is 0. The second kappa shape index (κ2) is 4.09. The molecule has 0 aromatic heterocycles. The van der Waals surface area contributed by atoms with Gasteiger partial charge < -0.3 is 15.1 Å². The van der Waals surface area contributed by atoms with E-state index in [1.165, 1.54) is 6.66 Å². The summed E-state index contributed by atoms with van der Waals surface area (Å²) in [6.45, 7) is 0.886. The minimum Gasteiger partial charge on any atom is -0.394 e. The first-order valence-corrected chi connectivity index (χ1v) is 5.33. The highest BCUT2D eigenvalue weighted by molar-refractivity contribution is 7.57. The number of aliphatic hydroxyl groups excluding tert-OH is 2. The molecule has 3 N–H and O–H groups in total. The summed E-state index contributed by atoms with van der Waals surface area (Å²) in [7, 11) is -3.00. The van der Waals surface area contributed by atoms with Crippen LogP contribution in [0, 0.1) is 0 Å². The lowest BCUT2D eigenvalue weighted by Crippen LogP contribution is -2.13. The molecular formula is C5H13O4P. The van der Waals surface area contributed by atoms with E-state index in [2.05, 4.69) is 0 Å². The minimum absolute atomic E-state index is 0.0642. The largest absolute Gasteiger partial charge is 0.394 e. The summed E-state index contributed by atoms with van der Waals surface area (Å²) < 4.78 is 10.6. The van der Waals surface area contributed by atoms with Gasteiger partial charge >= 0.3 is 0 Å². The first-order chi connectivity index (χ1) is 4.45. The Labute approximate surface area is 60.0 Å². The molecular weight excluding hydrogens is 155 g/mol. The van der Waals surface area contributed by atoms with Crippen molar-refractivity contribution in [1.82, 2.24) is 0 Å². The summed E-state index contributed by atoms with van der Waals surface area (Å²) in [5.74, 6) is 0. The van der Waals surface area contributed by atoms with Gasteiger partial charge in [-0.15, -0.1) is 0 Å². The van der Waals surface area contributed by atoms with Crippen molar-refractivity contribution in [2.45, 2.75) is 12.5 Å². The maximum Gasteiger partial charge on any atom is 0.197 e. The van der Waals surface area contributed by atoms with Crippen LogP contribution in [-0.4, -0.2) is 40.6 Å². The van der Waals surface area contributed by atoms with Gasteiger partial charge in [0.15, 0.2) is 7.37 Å². The summed E-state index contributed by atoms with van der Waals surface area (Å²) >= 11 is 0. The second-order valence-corrected chi connectivity index (χ2v) is 4.95. The van der Waals surface area contributed by atoms with Gasteiger partial charge in [0.2, 0.25) is 0 Å². The molecule has 0 saturated heterocycles. The summed E-state index contributed by atoms with van der Waals surface area (Å²) in [4.78, 5) is 8.72.